The smallest absolute Gasteiger partial charge is 0.234 e. The van der Waals surface area contributed by atoms with Gasteiger partial charge in [0.05, 0.1) is 12.1 Å². The van der Waals surface area contributed by atoms with Gasteiger partial charge in [-0.1, -0.05) is 12.8 Å². The molecule has 21 heavy (non-hydrogen) atoms. The van der Waals surface area contributed by atoms with Crippen LogP contribution >= 0.6 is 11.3 Å². The predicted octanol–water partition coefficient (Wildman–Crippen LogP) is 1.62. The average molecular weight is 304 g/mol. The first-order valence-corrected chi connectivity index (χ1v) is 8.31. The first kappa shape index (κ1) is 14.4. The van der Waals surface area contributed by atoms with Gasteiger partial charge in [0, 0.05) is 24.0 Å². The van der Waals surface area contributed by atoms with Crippen LogP contribution in [-0.4, -0.2) is 29.9 Å². The summed E-state index contributed by atoms with van der Waals surface area (Å²) >= 11 is 1.49. The minimum atomic E-state index is 0.121. The number of rotatable bonds is 3. The zero-order chi connectivity index (χ0) is 14.8. The molecule has 0 aromatic carbocycles. The van der Waals surface area contributed by atoms with Crippen LogP contribution in [0.4, 0.5) is 5.00 Å². The Bertz CT molecular complexity index is 583. The van der Waals surface area contributed by atoms with Gasteiger partial charge in [-0.05, 0) is 24.8 Å². The summed E-state index contributed by atoms with van der Waals surface area (Å²) in [6.45, 7) is 1.98. The van der Waals surface area contributed by atoms with E-state index in [9.17, 15) is 4.79 Å². The number of anilines is 1. The molecule has 0 saturated heterocycles. The lowest BCUT2D eigenvalue weighted by Gasteiger charge is -2.26. The molecule has 2 aliphatic rings. The van der Waals surface area contributed by atoms with Crippen LogP contribution in [0.25, 0.3) is 0 Å². The zero-order valence-electron chi connectivity index (χ0n) is 12.0. The van der Waals surface area contributed by atoms with Gasteiger partial charge in [-0.25, -0.2) is 0 Å². The van der Waals surface area contributed by atoms with E-state index < -0.39 is 0 Å². The average Bonchev–Trinajstić information content (AvgIpc) is 3.04. The highest BCUT2D eigenvalue weighted by molar-refractivity contribution is 7.16. The van der Waals surface area contributed by atoms with E-state index in [1.54, 1.807) is 0 Å². The van der Waals surface area contributed by atoms with Crippen molar-refractivity contribution in [2.45, 2.75) is 44.7 Å². The maximum atomic E-state index is 12.1. The molecule has 1 fully saturated rings. The van der Waals surface area contributed by atoms with Gasteiger partial charge in [0.1, 0.15) is 11.1 Å². The van der Waals surface area contributed by atoms with E-state index >= 15 is 0 Å². The van der Waals surface area contributed by atoms with E-state index in [1.165, 1.54) is 24.2 Å². The van der Waals surface area contributed by atoms with Crippen molar-refractivity contribution in [1.82, 2.24) is 10.2 Å². The lowest BCUT2D eigenvalue weighted by atomic mass is 10.0. The number of amides is 1. The number of carbonyl (C=O) groups is 1. The van der Waals surface area contributed by atoms with Gasteiger partial charge in [-0.3, -0.25) is 9.69 Å². The molecule has 0 atom stereocenters. The van der Waals surface area contributed by atoms with Crippen LogP contribution in [0.1, 0.15) is 41.7 Å². The Morgan fingerprint density at radius 2 is 2.24 bits per heavy atom. The topological polar surface area (TPSA) is 82.2 Å². The summed E-state index contributed by atoms with van der Waals surface area (Å²) in [5, 5.41) is 12.9. The number of nitrogens with two attached hydrogens (primary N) is 1. The van der Waals surface area contributed by atoms with Crippen molar-refractivity contribution in [3.63, 3.8) is 0 Å². The molecule has 0 bridgehead atoms. The van der Waals surface area contributed by atoms with Gasteiger partial charge in [-0.15, -0.1) is 11.3 Å². The van der Waals surface area contributed by atoms with Crippen LogP contribution < -0.4 is 11.1 Å². The Balaban J connectivity index is 1.59. The van der Waals surface area contributed by atoms with Gasteiger partial charge < -0.3 is 11.1 Å². The Morgan fingerprint density at radius 1 is 1.48 bits per heavy atom. The number of carbonyl (C=O) groups excluding carboxylic acids is 1. The molecule has 6 heteroatoms. The first-order chi connectivity index (χ1) is 10.2. The molecule has 3 rings (SSSR count). The fourth-order valence-corrected chi connectivity index (χ4v) is 4.39. The maximum absolute atomic E-state index is 12.1. The second-order valence-electron chi connectivity index (χ2n) is 5.86. The van der Waals surface area contributed by atoms with Crippen molar-refractivity contribution in [3.8, 4) is 6.07 Å². The van der Waals surface area contributed by atoms with Crippen LogP contribution in [0.2, 0.25) is 0 Å². The summed E-state index contributed by atoms with van der Waals surface area (Å²) < 4.78 is 0. The second-order valence-corrected chi connectivity index (χ2v) is 7.00. The van der Waals surface area contributed by atoms with E-state index in [-0.39, 0.29) is 5.91 Å². The van der Waals surface area contributed by atoms with E-state index in [0.29, 0.717) is 23.2 Å². The first-order valence-electron chi connectivity index (χ1n) is 7.49. The van der Waals surface area contributed by atoms with Gasteiger partial charge in [-0.2, -0.15) is 5.26 Å². The summed E-state index contributed by atoms with van der Waals surface area (Å²) in [5.41, 5.74) is 7.62. The Kier molecular flexibility index (Phi) is 4.13. The SMILES string of the molecule is N#Cc1c(N)sc2c1CCN(CC(=O)NC1CCCC1)C2. The highest BCUT2D eigenvalue weighted by Gasteiger charge is 2.25. The van der Waals surface area contributed by atoms with Crippen LogP contribution in [0.3, 0.4) is 0 Å². The monoisotopic (exact) mass is 304 g/mol. The van der Waals surface area contributed by atoms with E-state index in [2.05, 4.69) is 16.3 Å². The third-order valence-corrected chi connectivity index (χ3v) is 5.41. The van der Waals surface area contributed by atoms with Crippen LogP contribution in [0.15, 0.2) is 0 Å². The zero-order valence-corrected chi connectivity index (χ0v) is 12.8. The summed E-state index contributed by atoms with van der Waals surface area (Å²) in [6.07, 6.45) is 5.49. The third kappa shape index (κ3) is 3.04. The molecular formula is C15H20N4OS. The van der Waals surface area contributed by atoms with Crippen molar-refractivity contribution < 1.29 is 4.79 Å². The molecular weight excluding hydrogens is 284 g/mol. The molecule has 2 heterocycles. The molecule has 1 aromatic heterocycles. The van der Waals surface area contributed by atoms with Crippen LogP contribution in [-0.2, 0) is 17.8 Å². The van der Waals surface area contributed by atoms with Gasteiger partial charge in [0.25, 0.3) is 0 Å². The minimum Gasteiger partial charge on any atom is -0.389 e. The molecule has 1 amide bonds. The molecule has 1 aliphatic heterocycles. The van der Waals surface area contributed by atoms with Gasteiger partial charge in [0.15, 0.2) is 0 Å². The number of nitriles is 1. The minimum absolute atomic E-state index is 0.121. The number of nitrogen functional groups attached to an aromatic ring is 1. The number of fused-ring (bicyclic) bond motifs is 1. The highest BCUT2D eigenvalue weighted by atomic mass is 32.1. The largest absolute Gasteiger partial charge is 0.389 e. The second kappa shape index (κ2) is 6.04. The summed E-state index contributed by atoms with van der Waals surface area (Å²) in [7, 11) is 0. The maximum Gasteiger partial charge on any atom is 0.234 e. The van der Waals surface area contributed by atoms with Crippen molar-refractivity contribution in [2.75, 3.05) is 18.8 Å². The fourth-order valence-electron chi connectivity index (χ4n) is 3.28. The lowest BCUT2D eigenvalue weighted by molar-refractivity contribution is -0.123. The molecule has 112 valence electrons. The number of hydrogen-bond acceptors (Lipinski definition) is 5. The fraction of sp³-hybridized carbons (Fsp3) is 0.600. The molecule has 1 saturated carbocycles. The molecule has 1 aromatic rings. The standard InChI is InChI=1S/C15H20N4OS/c16-7-12-11-5-6-19(8-13(11)21-15(12)17)9-14(20)18-10-3-1-2-4-10/h10H,1-6,8-9,17H2,(H,18,20). The molecule has 0 unspecified atom stereocenters. The number of nitrogens with one attached hydrogen (secondary N) is 1. The summed E-state index contributed by atoms with van der Waals surface area (Å²) in [4.78, 5) is 15.4. The van der Waals surface area contributed by atoms with E-state index in [0.717, 1.165) is 42.8 Å². The number of hydrogen-bond donors (Lipinski definition) is 2. The molecule has 0 radical (unpaired) electrons. The van der Waals surface area contributed by atoms with Crippen LogP contribution in [0, 0.1) is 11.3 Å². The molecule has 3 N–H and O–H groups in total. The molecule has 0 spiro atoms. The van der Waals surface area contributed by atoms with Crippen LogP contribution in [0.5, 0.6) is 0 Å². The lowest BCUT2D eigenvalue weighted by Crippen LogP contribution is -2.42. The summed E-state index contributed by atoms with van der Waals surface area (Å²) in [6, 6.07) is 2.57. The normalized spacial score (nSPS) is 19.2. The Morgan fingerprint density at radius 3 is 2.95 bits per heavy atom. The van der Waals surface area contributed by atoms with E-state index in [1.807, 2.05) is 0 Å². The van der Waals surface area contributed by atoms with Crippen molar-refractivity contribution in [3.05, 3.63) is 16.0 Å². The van der Waals surface area contributed by atoms with E-state index in [4.69, 9.17) is 11.0 Å². The summed E-state index contributed by atoms with van der Waals surface area (Å²) in [5.74, 6) is 0.121. The van der Waals surface area contributed by atoms with Crippen molar-refractivity contribution in [1.29, 1.82) is 5.26 Å². The number of nitrogens with zero attached hydrogens (tertiary/aromatic N) is 2. The van der Waals surface area contributed by atoms with Gasteiger partial charge >= 0.3 is 0 Å². The quantitative estimate of drug-likeness (QED) is 0.889. The Hall–Kier alpha value is -1.58. The predicted molar refractivity (Wildman–Crippen MR) is 82.8 cm³/mol. The third-order valence-electron chi connectivity index (χ3n) is 4.36. The highest BCUT2D eigenvalue weighted by Crippen LogP contribution is 2.34. The number of thiophene rings is 1. The van der Waals surface area contributed by atoms with Gasteiger partial charge in [0.2, 0.25) is 5.91 Å². The van der Waals surface area contributed by atoms with Crippen molar-refractivity contribution >= 4 is 22.2 Å². The Labute approximate surface area is 128 Å². The molecule has 5 nitrogen and oxygen atoms in total. The molecule has 1 aliphatic carbocycles. The van der Waals surface area contributed by atoms with Crippen molar-refractivity contribution in [2.24, 2.45) is 0 Å².